The van der Waals surface area contributed by atoms with Crippen molar-refractivity contribution in [1.29, 1.82) is 5.26 Å². The standard InChI is InChI=1S/C12H21N3O/c1-4-5-8-15-10(2)9-14(3)11(6-7-13)12(15)16/h10-11H,4-6,8-9H2,1-3H3. The highest BCUT2D eigenvalue weighted by atomic mass is 16.2. The minimum Gasteiger partial charge on any atom is -0.337 e. The first-order chi connectivity index (χ1) is 7.61. The van der Waals surface area contributed by atoms with Crippen molar-refractivity contribution in [2.75, 3.05) is 20.1 Å². The summed E-state index contributed by atoms with van der Waals surface area (Å²) in [6.45, 7) is 5.89. The Morgan fingerprint density at radius 3 is 2.81 bits per heavy atom. The van der Waals surface area contributed by atoms with Gasteiger partial charge in [-0.3, -0.25) is 9.69 Å². The van der Waals surface area contributed by atoms with Crippen LogP contribution >= 0.6 is 0 Å². The lowest BCUT2D eigenvalue weighted by molar-refractivity contribution is -0.144. The molecule has 16 heavy (non-hydrogen) atoms. The zero-order valence-corrected chi connectivity index (χ0v) is 10.4. The van der Waals surface area contributed by atoms with E-state index in [0.29, 0.717) is 6.42 Å². The van der Waals surface area contributed by atoms with E-state index in [4.69, 9.17) is 5.26 Å². The molecule has 1 saturated heterocycles. The fraction of sp³-hybridized carbons (Fsp3) is 0.833. The Hall–Kier alpha value is -1.08. The highest BCUT2D eigenvalue weighted by Gasteiger charge is 2.35. The third-order valence-corrected chi connectivity index (χ3v) is 3.22. The minimum atomic E-state index is -0.238. The van der Waals surface area contributed by atoms with Crippen LogP contribution in [-0.4, -0.2) is 47.9 Å². The van der Waals surface area contributed by atoms with Gasteiger partial charge in [0.25, 0.3) is 0 Å². The van der Waals surface area contributed by atoms with Crippen molar-refractivity contribution in [3.63, 3.8) is 0 Å². The van der Waals surface area contributed by atoms with Gasteiger partial charge in [-0.2, -0.15) is 5.26 Å². The van der Waals surface area contributed by atoms with Gasteiger partial charge in [-0.25, -0.2) is 0 Å². The fourth-order valence-electron chi connectivity index (χ4n) is 2.23. The number of piperazine rings is 1. The maximum Gasteiger partial charge on any atom is 0.241 e. The highest BCUT2D eigenvalue weighted by molar-refractivity contribution is 5.83. The topological polar surface area (TPSA) is 47.3 Å². The summed E-state index contributed by atoms with van der Waals surface area (Å²) < 4.78 is 0. The second kappa shape index (κ2) is 5.86. The van der Waals surface area contributed by atoms with E-state index in [9.17, 15) is 4.79 Å². The average molecular weight is 223 g/mol. The van der Waals surface area contributed by atoms with E-state index < -0.39 is 0 Å². The largest absolute Gasteiger partial charge is 0.337 e. The van der Waals surface area contributed by atoms with Crippen LogP contribution in [0.25, 0.3) is 0 Å². The molecule has 1 aliphatic rings. The van der Waals surface area contributed by atoms with Crippen LogP contribution in [0.3, 0.4) is 0 Å². The first-order valence-corrected chi connectivity index (χ1v) is 5.99. The van der Waals surface area contributed by atoms with Crippen molar-refractivity contribution in [1.82, 2.24) is 9.80 Å². The number of amides is 1. The number of hydrogen-bond donors (Lipinski definition) is 0. The fourth-order valence-corrected chi connectivity index (χ4v) is 2.23. The molecule has 1 heterocycles. The van der Waals surface area contributed by atoms with E-state index in [1.54, 1.807) is 0 Å². The third kappa shape index (κ3) is 2.73. The molecule has 2 unspecified atom stereocenters. The van der Waals surface area contributed by atoms with Crippen molar-refractivity contribution < 1.29 is 4.79 Å². The van der Waals surface area contributed by atoms with Crippen molar-refractivity contribution in [2.24, 2.45) is 0 Å². The van der Waals surface area contributed by atoms with E-state index in [2.05, 4.69) is 19.9 Å². The zero-order valence-electron chi connectivity index (χ0n) is 10.4. The van der Waals surface area contributed by atoms with Crippen molar-refractivity contribution >= 4 is 5.91 Å². The number of nitriles is 1. The van der Waals surface area contributed by atoms with Crippen molar-refractivity contribution in [3.8, 4) is 6.07 Å². The molecular formula is C12H21N3O. The van der Waals surface area contributed by atoms with Crippen LogP contribution in [0.1, 0.15) is 33.1 Å². The lowest BCUT2D eigenvalue weighted by atomic mass is 10.0. The Kier molecular flexibility index (Phi) is 4.75. The Morgan fingerprint density at radius 2 is 2.25 bits per heavy atom. The summed E-state index contributed by atoms with van der Waals surface area (Å²) in [6.07, 6.45) is 2.43. The number of nitrogens with zero attached hydrogens (tertiary/aromatic N) is 3. The van der Waals surface area contributed by atoms with Crippen molar-refractivity contribution in [2.45, 2.75) is 45.2 Å². The molecule has 1 rings (SSSR count). The van der Waals surface area contributed by atoms with E-state index in [1.807, 2.05) is 16.8 Å². The molecular weight excluding hydrogens is 202 g/mol. The molecule has 2 atom stereocenters. The van der Waals surface area contributed by atoms with Gasteiger partial charge in [0.05, 0.1) is 12.5 Å². The summed E-state index contributed by atoms with van der Waals surface area (Å²) in [5, 5.41) is 8.73. The lowest BCUT2D eigenvalue weighted by Crippen LogP contribution is -2.59. The van der Waals surface area contributed by atoms with Crippen LogP contribution in [0.4, 0.5) is 0 Å². The van der Waals surface area contributed by atoms with Crippen LogP contribution in [0.2, 0.25) is 0 Å². The SMILES string of the molecule is CCCCN1C(=O)C(CC#N)N(C)CC1C. The Morgan fingerprint density at radius 1 is 1.56 bits per heavy atom. The second-order valence-electron chi connectivity index (χ2n) is 4.55. The summed E-state index contributed by atoms with van der Waals surface area (Å²) in [7, 11) is 1.92. The number of carbonyl (C=O) groups excluding carboxylic acids is 1. The monoisotopic (exact) mass is 223 g/mol. The van der Waals surface area contributed by atoms with Gasteiger partial charge in [0.2, 0.25) is 5.91 Å². The predicted octanol–water partition coefficient (Wildman–Crippen LogP) is 1.23. The van der Waals surface area contributed by atoms with Gasteiger partial charge in [0.1, 0.15) is 6.04 Å². The summed E-state index contributed by atoms with van der Waals surface area (Å²) >= 11 is 0. The van der Waals surface area contributed by atoms with Crippen LogP contribution < -0.4 is 0 Å². The number of unbranched alkanes of at least 4 members (excludes halogenated alkanes) is 1. The van der Waals surface area contributed by atoms with Crippen LogP contribution in [-0.2, 0) is 4.79 Å². The Labute approximate surface area is 97.8 Å². The molecule has 0 N–H and O–H groups in total. The summed E-state index contributed by atoms with van der Waals surface area (Å²) in [5.74, 6) is 0.122. The number of carbonyl (C=O) groups is 1. The lowest BCUT2D eigenvalue weighted by Gasteiger charge is -2.42. The third-order valence-electron chi connectivity index (χ3n) is 3.22. The van der Waals surface area contributed by atoms with E-state index in [0.717, 1.165) is 25.9 Å². The molecule has 0 bridgehead atoms. The van der Waals surface area contributed by atoms with Gasteiger partial charge in [-0.05, 0) is 20.4 Å². The highest BCUT2D eigenvalue weighted by Crippen LogP contribution is 2.17. The first kappa shape index (κ1) is 13.0. The van der Waals surface area contributed by atoms with Gasteiger partial charge in [0, 0.05) is 19.1 Å². The van der Waals surface area contributed by atoms with Gasteiger partial charge >= 0.3 is 0 Å². The summed E-state index contributed by atoms with van der Waals surface area (Å²) in [5.41, 5.74) is 0. The molecule has 1 fully saturated rings. The van der Waals surface area contributed by atoms with E-state index >= 15 is 0 Å². The van der Waals surface area contributed by atoms with Gasteiger partial charge in [-0.1, -0.05) is 13.3 Å². The van der Waals surface area contributed by atoms with Crippen LogP contribution in [0.15, 0.2) is 0 Å². The molecule has 90 valence electrons. The van der Waals surface area contributed by atoms with Crippen LogP contribution in [0.5, 0.6) is 0 Å². The molecule has 4 nitrogen and oxygen atoms in total. The maximum absolute atomic E-state index is 12.2. The normalized spacial score (nSPS) is 26.9. The predicted molar refractivity (Wildman–Crippen MR) is 62.7 cm³/mol. The molecule has 0 aromatic heterocycles. The number of hydrogen-bond acceptors (Lipinski definition) is 3. The van der Waals surface area contributed by atoms with Gasteiger partial charge in [0.15, 0.2) is 0 Å². The van der Waals surface area contributed by atoms with Gasteiger partial charge in [-0.15, -0.1) is 0 Å². The number of likely N-dealkylation sites (N-methyl/N-ethyl adjacent to an activating group) is 1. The van der Waals surface area contributed by atoms with Crippen LogP contribution in [0, 0.1) is 11.3 Å². The molecule has 4 heteroatoms. The summed E-state index contributed by atoms with van der Waals surface area (Å²) in [4.78, 5) is 16.1. The molecule has 1 aliphatic heterocycles. The smallest absolute Gasteiger partial charge is 0.241 e. The van der Waals surface area contributed by atoms with Gasteiger partial charge < -0.3 is 4.90 Å². The molecule has 1 amide bonds. The van der Waals surface area contributed by atoms with E-state index in [-0.39, 0.29) is 18.0 Å². The molecule has 0 saturated carbocycles. The zero-order chi connectivity index (χ0) is 12.1. The second-order valence-corrected chi connectivity index (χ2v) is 4.55. The van der Waals surface area contributed by atoms with E-state index in [1.165, 1.54) is 0 Å². The first-order valence-electron chi connectivity index (χ1n) is 5.99. The summed E-state index contributed by atoms with van der Waals surface area (Å²) in [6, 6.07) is 2.13. The molecule has 0 aromatic carbocycles. The maximum atomic E-state index is 12.2. The quantitative estimate of drug-likeness (QED) is 0.720. The Bertz CT molecular complexity index is 284. The number of rotatable bonds is 4. The minimum absolute atomic E-state index is 0.122. The molecule has 0 aromatic rings. The van der Waals surface area contributed by atoms with Crippen molar-refractivity contribution in [3.05, 3.63) is 0 Å². The molecule has 0 radical (unpaired) electrons. The average Bonchev–Trinajstić information content (AvgIpc) is 2.24. The Balaban J connectivity index is 2.70. The molecule has 0 aliphatic carbocycles. The molecule has 0 spiro atoms.